The number of aromatic nitrogens is 1. The van der Waals surface area contributed by atoms with Crippen LogP contribution in [-0.4, -0.2) is 26.7 Å². The average Bonchev–Trinajstić information content (AvgIpc) is 3.02. The van der Waals surface area contributed by atoms with Crippen LogP contribution in [0.2, 0.25) is 0 Å². The molecule has 164 valence electrons. The summed E-state index contributed by atoms with van der Waals surface area (Å²) in [6.45, 7) is 3.64. The van der Waals surface area contributed by atoms with Crippen molar-refractivity contribution in [2.45, 2.75) is 38.9 Å². The molecule has 3 rings (SSSR count). The molecule has 0 saturated heterocycles. The van der Waals surface area contributed by atoms with E-state index >= 15 is 0 Å². The van der Waals surface area contributed by atoms with Crippen LogP contribution in [0, 0.1) is 0 Å². The van der Waals surface area contributed by atoms with E-state index in [4.69, 9.17) is 5.11 Å². The van der Waals surface area contributed by atoms with Crippen molar-refractivity contribution < 1.29 is 33.0 Å². The van der Waals surface area contributed by atoms with E-state index in [2.05, 4.69) is 5.32 Å². The molecule has 9 heteroatoms. The molecule has 0 saturated carbocycles. The molecular formula is C22H21F3N2O4. The van der Waals surface area contributed by atoms with Crippen molar-refractivity contribution in [1.29, 1.82) is 0 Å². The molecule has 0 aliphatic heterocycles. The molecule has 1 heterocycles. The van der Waals surface area contributed by atoms with Crippen LogP contribution < -0.4 is 5.32 Å². The van der Waals surface area contributed by atoms with Gasteiger partial charge in [-0.25, -0.2) is 0 Å². The molecule has 0 aliphatic carbocycles. The fraction of sp³-hybridized carbons (Fsp3) is 0.273. The summed E-state index contributed by atoms with van der Waals surface area (Å²) >= 11 is 0. The molecule has 1 amide bonds. The Morgan fingerprint density at radius 3 is 2.45 bits per heavy atom. The third-order valence-electron chi connectivity index (χ3n) is 4.88. The SMILES string of the molecule is CC(C)c1cc(Cn2c(C(F)(F)F)cc3c(NC(=O)CC(=O)O)cccc32)ccc1O. The van der Waals surface area contributed by atoms with Crippen LogP contribution in [0.15, 0.2) is 42.5 Å². The fourth-order valence-corrected chi connectivity index (χ4v) is 3.48. The number of aliphatic carboxylic acids is 1. The molecule has 0 radical (unpaired) electrons. The van der Waals surface area contributed by atoms with E-state index in [1.165, 1.54) is 24.3 Å². The van der Waals surface area contributed by atoms with Crippen molar-refractivity contribution in [3.8, 4) is 5.75 Å². The fourth-order valence-electron chi connectivity index (χ4n) is 3.48. The highest BCUT2D eigenvalue weighted by atomic mass is 19.4. The van der Waals surface area contributed by atoms with Crippen LogP contribution in [0.5, 0.6) is 5.75 Å². The predicted molar refractivity (Wildman–Crippen MR) is 109 cm³/mol. The largest absolute Gasteiger partial charge is 0.508 e. The second-order valence-corrected chi connectivity index (χ2v) is 7.52. The van der Waals surface area contributed by atoms with Gasteiger partial charge in [0.2, 0.25) is 5.91 Å². The van der Waals surface area contributed by atoms with E-state index in [0.717, 1.165) is 10.6 Å². The Bertz CT molecular complexity index is 1150. The van der Waals surface area contributed by atoms with E-state index in [1.807, 2.05) is 13.8 Å². The zero-order valence-electron chi connectivity index (χ0n) is 16.8. The number of nitrogens with zero attached hydrogens (tertiary/aromatic N) is 1. The summed E-state index contributed by atoms with van der Waals surface area (Å²) in [6, 6.07) is 10.0. The lowest BCUT2D eigenvalue weighted by Crippen LogP contribution is -2.16. The maximum absolute atomic E-state index is 13.8. The highest BCUT2D eigenvalue weighted by Gasteiger charge is 2.36. The van der Waals surface area contributed by atoms with Crippen LogP contribution in [0.25, 0.3) is 10.9 Å². The molecule has 31 heavy (non-hydrogen) atoms. The predicted octanol–water partition coefficient (Wildman–Crippen LogP) is 4.95. The molecule has 0 aliphatic rings. The zero-order valence-corrected chi connectivity index (χ0v) is 16.8. The van der Waals surface area contributed by atoms with E-state index in [9.17, 15) is 27.9 Å². The van der Waals surface area contributed by atoms with Gasteiger partial charge in [-0.2, -0.15) is 13.2 Å². The minimum Gasteiger partial charge on any atom is -0.508 e. The molecule has 1 aromatic heterocycles. The molecule has 0 spiro atoms. The standard InChI is InChI=1S/C22H21F3N2O4/c1-12(2)14-8-13(6-7-18(14)28)11-27-17-5-3-4-16(26-20(29)10-21(30)31)15(17)9-19(27)22(23,24)25/h3-9,12,28H,10-11H2,1-2H3,(H,26,29)(H,30,31). The lowest BCUT2D eigenvalue weighted by molar-refractivity contribution is -0.143. The van der Waals surface area contributed by atoms with Crippen molar-refractivity contribution >= 4 is 28.5 Å². The number of carbonyl (C=O) groups is 2. The van der Waals surface area contributed by atoms with Gasteiger partial charge < -0.3 is 20.1 Å². The number of carbonyl (C=O) groups excluding carboxylic acids is 1. The van der Waals surface area contributed by atoms with E-state index in [0.29, 0.717) is 11.1 Å². The number of phenolic OH excluding ortho intramolecular Hbond substituents is 1. The first-order chi connectivity index (χ1) is 14.5. The molecule has 3 aromatic rings. The first kappa shape index (κ1) is 22.2. The average molecular weight is 434 g/mol. The summed E-state index contributed by atoms with van der Waals surface area (Å²) in [5, 5.41) is 21.3. The minimum atomic E-state index is -4.65. The molecule has 0 bridgehead atoms. The van der Waals surface area contributed by atoms with Crippen LogP contribution in [-0.2, 0) is 22.3 Å². The number of fused-ring (bicyclic) bond motifs is 1. The van der Waals surface area contributed by atoms with Crippen molar-refractivity contribution in [3.63, 3.8) is 0 Å². The number of hydrogen-bond donors (Lipinski definition) is 3. The summed E-state index contributed by atoms with van der Waals surface area (Å²) < 4.78 is 42.5. The van der Waals surface area contributed by atoms with Gasteiger partial charge in [-0.05, 0) is 41.3 Å². The Kier molecular flexibility index (Phi) is 5.97. The van der Waals surface area contributed by atoms with Crippen LogP contribution in [0.4, 0.5) is 18.9 Å². The van der Waals surface area contributed by atoms with Crippen LogP contribution >= 0.6 is 0 Å². The van der Waals surface area contributed by atoms with Crippen molar-refractivity contribution in [1.82, 2.24) is 4.57 Å². The number of alkyl halides is 3. The number of amides is 1. The van der Waals surface area contributed by atoms with Crippen LogP contribution in [0.3, 0.4) is 0 Å². The number of halogens is 3. The monoisotopic (exact) mass is 434 g/mol. The van der Waals surface area contributed by atoms with E-state index in [-0.39, 0.29) is 34.8 Å². The summed E-state index contributed by atoms with van der Waals surface area (Å²) in [5.74, 6) is -2.11. The maximum atomic E-state index is 13.8. The number of aromatic hydroxyl groups is 1. The lowest BCUT2D eigenvalue weighted by atomic mass is 9.99. The highest BCUT2D eigenvalue weighted by Crippen LogP contribution is 2.37. The van der Waals surface area contributed by atoms with Gasteiger partial charge in [-0.15, -0.1) is 0 Å². The number of phenols is 1. The molecule has 0 unspecified atom stereocenters. The number of carboxylic acids is 1. The Labute approximate surface area is 175 Å². The summed E-state index contributed by atoms with van der Waals surface area (Å²) in [4.78, 5) is 22.6. The van der Waals surface area contributed by atoms with Gasteiger partial charge in [0.15, 0.2) is 0 Å². The van der Waals surface area contributed by atoms with Gasteiger partial charge in [0.05, 0.1) is 11.2 Å². The first-order valence-electron chi connectivity index (χ1n) is 9.50. The number of hydrogen-bond acceptors (Lipinski definition) is 3. The Hall–Kier alpha value is -3.49. The molecule has 2 aromatic carbocycles. The van der Waals surface area contributed by atoms with E-state index < -0.39 is 30.2 Å². The summed E-state index contributed by atoms with van der Waals surface area (Å²) in [5.41, 5.74) is 0.636. The van der Waals surface area contributed by atoms with Gasteiger partial charge in [0, 0.05) is 11.9 Å². The quantitative estimate of drug-likeness (QED) is 0.479. The number of anilines is 1. The van der Waals surface area contributed by atoms with Crippen molar-refractivity contribution in [3.05, 3.63) is 59.3 Å². The molecule has 3 N–H and O–H groups in total. The maximum Gasteiger partial charge on any atom is 0.431 e. The Morgan fingerprint density at radius 1 is 1.13 bits per heavy atom. The molecule has 6 nitrogen and oxygen atoms in total. The second-order valence-electron chi connectivity index (χ2n) is 7.52. The summed E-state index contributed by atoms with van der Waals surface area (Å²) in [6.07, 6.45) is -5.45. The number of rotatable bonds is 6. The third-order valence-corrected chi connectivity index (χ3v) is 4.88. The number of carboxylic acid groups (broad SMARTS) is 1. The van der Waals surface area contributed by atoms with Crippen LogP contribution in [0.1, 0.15) is 43.0 Å². The minimum absolute atomic E-state index is 0.0144. The summed E-state index contributed by atoms with van der Waals surface area (Å²) in [7, 11) is 0. The van der Waals surface area contributed by atoms with Gasteiger partial charge in [0.1, 0.15) is 17.9 Å². The Morgan fingerprint density at radius 2 is 1.84 bits per heavy atom. The molecule has 0 fully saturated rings. The van der Waals surface area contributed by atoms with Gasteiger partial charge in [-0.1, -0.05) is 32.0 Å². The highest BCUT2D eigenvalue weighted by molar-refractivity contribution is 6.06. The van der Waals surface area contributed by atoms with Crippen molar-refractivity contribution in [2.75, 3.05) is 5.32 Å². The number of nitrogens with one attached hydrogen (secondary N) is 1. The van der Waals surface area contributed by atoms with E-state index in [1.54, 1.807) is 12.1 Å². The van der Waals surface area contributed by atoms with Gasteiger partial charge in [0.25, 0.3) is 0 Å². The topological polar surface area (TPSA) is 91.6 Å². The smallest absolute Gasteiger partial charge is 0.431 e. The van der Waals surface area contributed by atoms with Gasteiger partial charge in [-0.3, -0.25) is 9.59 Å². The normalized spacial score (nSPS) is 11.8. The van der Waals surface area contributed by atoms with Gasteiger partial charge >= 0.3 is 12.1 Å². The zero-order chi connectivity index (χ0) is 22.9. The molecule has 0 atom stereocenters. The molecular weight excluding hydrogens is 413 g/mol. The lowest BCUT2D eigenvalue weighted by Gasteiger charge is -2.15. The third kappa shape index (κ3) is 4.82. The van der Waals surface area contributed by atoms with Crippen molar-refractivity contribution in [2.24, 2.45) is 0 Å². The number of benzene rings is 2. The second kappa shape index (κ2) is 8.33. The first-order valence-corrected chi connectivity index (χ1v) is 9.50. The Balaban J connectivity index is 2.10.